The van der Waals surface area contributed by atoms with E-state index in [-0.39, 0.29) is 0 Å². The minimum atomic E-state index is -0.528. The molecular weight excluding hydrogens is 280 g/mol. The molecule has 2 nitrogen and oxygen atoms in total. The number of hydrogen-bond donors (Lipinski definition) is 1. The molecule has 0 bridgehead atoms. The topological polar surface area (TPSA) is 29.5 Å². The number of thiophene rings is 1. The van der Waals surface area contributed by atoms with Crippen LogP contribution >= 0.6 is 11.3 Å². The molecule has 3 heteroatoms. The summed E-state index contributed by atoms with van der Waals surface area (Å²) in [4.78, 5) is 0. The number of hydrogen-bond acceptors (Lipinski definition) is 3. The van der Waals surface area contributed by atoms with Gasteiger partial charge in [-0.15, -0.1) is 11.3 Å². The lowest BCUT2D eigenvalue weighted by molar-refractivity contribution is 0.190. The van der Waals surface area contributed by atoms with Crippen molar-refractivity contribution in [2.24, 2.45) is 0 Å². The number of rotatable bonds is 4. The summed E-state index contributed by atoms with van der Waals surface area (Å²) in [5, 5.41) is 13.2. The summed E-state index contributed by atoms with van der Waals surface area (Å²) in [5.41, 5.74) is 3.15. The van der Waals surface area contributed by atoms with Crippen LogP contribution in [0.15, 0.2) is 47.8 Å². The summed E-state index contributed by atoms with van der Waals surface area (Å²) in [5.74, 6) is 0.764. The first-order valence-corrected chi connectivity index (χ1v) is 7.89. The summed E-state index contributed by atoms with van der Waals surface area (Å²) in [7, 11) is 0. The van der Waals surface area contributed by atoms with Gasteiger partial charge in [0.2, 0.25) is 0 Å². The Labute approximate surface area is 128 Å². The van der Waals surface area contributed by atoms with Crippen molar-refractivity contribution in [3.63, 3.8) is 0 Å². The average molecular weight is 298 g/mol. The van der Waals surface area contributed by atoms with Gasteiger partial charge in [-0.1, -0.05) is 30.3 Å². The molecule has 0 fully saturated rings. The number of benzene rings is 2. The van der Waals surface area contributed by atoms with E-state index in [0.717, 1.165) is 16.9 Å². The van der Waals surface area contributed by atoms with Gasteiger partial charge in [-0.25, -0.2) is 0 Å². The van der Waals surface area contributed by atoms with Crippen molar-refractivity contribution in [3.8, 4) is 5.75 Å². The van der Waals surface area contributed by atoms with Crippen LogP contribution in [0.25, 0.3) is 10.1 Å². The van der Waals surface area contributed by atoms with E-state index in [9.17, 15) is 5.11 Å². The first-order valence-electron chi connectivity index (χ1n) is 7.01. The highest BCUT2D eigenvalue weighted by Gasteiger charge is 2.11. The van der Waals surface area contributed by atoms with Crippen molar-refractivity contribution < 1.29 is 9.84 Å². The maximum absolute atomic E-state index is 9.85. The molecule has 108 valence electrons. The molecule has 3 aromatic rings. The number of aliphatic hydroxyl groups excluding tert-OH is 1. The molecular formula is C18H18O2S. The molecule has 0 aliphatic rings. The molecule has 0 aliphatic carbocycles. The van der Waals surface area contributed by atoms with Gasteiger partial charge < -0.3 is 9.84 Å². The Morgan fingerprint density at radius 3 is 2.81 bits per heavy atom. The lowest BCUT2D eigenvalue weighted by Crippen LogP contribution is -2.01. The average Bonchev–Trinajstić information content (AvgIpc) is 2.88. The number of aliphatic hydroxyl groups is 1. The zero-order valence-corrected chi connectivity index (χ0v) is 13.0. The smallest absolute Gasteiger partial charge is 0.125 e. The van der Waals surface area contributed by atoms with Crippen molar-refractivity contribution in [2.45, 2.75) is 26.6 Å². The van der Waals surface area contributed by atoms with E-state index in [1.807, 2.05) is 31.2 Å². The Bertz CT molecular complexity index is 759. The number of aryl methyl sites for hydroxylation is 1. The normalized spacial score (nSPS) is 12.5. The molecule has 0 aliphatic heterocycles. The third kappa shape index (κ3) is 2.94. The molecule has 1 heterocycles. The molecule has 0 radical (unpaired) electrons. The maximum atomic E-state index is 9.85. The first-order chi connectivity index (χ1) is 10.1. The zero-order valence-electron chi connectivity index (χ0n) is 12.2. The molecule has 0 saturated heterocycles. The second-order valence-corrected chi connectivity index (χ2v) is 6.17. The van der Waals surface area contributed by atoms with Gasteiger partial charge >= 0.3 is 0 Å². The minimum Gasteiger partial charge on any atom is -0.488 e. The van der Waals surface area contributed by atoms with Crippen LogP contribution in [-0.2, 0) is 6.61 Å². The molecule has 1 aromatic heterocycles. The van der Waals surface area contributed by atoms with Gasteiger partial charge in [-0.2, -0.15) is 0 Å². The molecule has 21 heavy (non-hydrogen) atoms. The van der Waals surface area contributed by atoms with Gasteiger partial charge in [-0.05, 0) is 42.3 Å². The lowest BCUT2D eigenvalue weighted by atomic mass is 10.1. The van der Waals surface area contributed by atoms with E-state index < -0.39 is 6.10 Å². The molecule has 1 atom stereocenters. The van der Waals surface area contributed by atoms with E-state index >= 15 is 0 Å². The Kier molecular flexibility index (Phi) is 3.95. The van der Waals surface area contributed by atoms with Gasteiger partial charge in [0.25, 0.3) is 0 Å². The Hall–Kier alpha value is -1.84. The summed E-state index contributed by atoms with van der Waals surface area (Å²) in [6, 6.07) is 14.3. The minimum absolute atomic E-state index is 0.521. The second kappa shape index (κ2) is 5.88. The monoisotopic (exact) mass is 298 g/mol. The van der Waals surface area contributed by atoms with Crippen LogP contribution in [0.3, 0.4) is 0 Å². The standard InChI is InChI=1S/C18H18O2S/c1-12-7-8-15(13(2)19)17(9-12)20-10-14-11-21-18-6-4-3-5-16(14)18/h3-9,11,13,19H,10H2,1-2H3/t13-/m0/s1. The molecule has 2 aromatic carbocycles. The quantitative estimate of drug-likeness (QED) is 0.746. The maximum Gasteiger partial charge on any atom is 0.125 e. The van der Waals surface area contributed by atoms with Gasteiger partial charge in [0, 0.05) is 15.8 Å². The molecule has 0 amide bonds. The highest BCUT2D eigenvalue weighted by Crippen LogP contribution is 2.30. The summed E-state index contributed by atoms with van der Waals surface area (Å²) < 4.78 is 7.25. The Morgan fingerprint density at radius 2 is 2.00 bits per heavy atom. The van der Waals surface area contributed by atoms with E-state index in [1.54, 1.807) is 18.3 Å². The van der Waals surface area contributed by atoms with Crippen LogP contribution in [0.4, 0.5) is 0 Å². The SMILES string of the molecule is Cc1ccc([C@H](C)O)c(OCc2csc3ccccc23)c1. The van der Waals surface area contributed by atoms with Crippen LogP contribution in [0, 0.1) is 6.92 Å². The molecule has 0 spiro atoms. The molecule has 0 saturated carbocycles. The number of fused-ring (bicyclic) bond motifs is 1. The lowest BCUT2D eigenvalue weighted by Gasteiger charge is -2.14. The van der Waals surface area contributed by atoms with Crippen molar-refractivity contribution in [1.82, 2.24) is 0 Å². The molecule has 3 rings (SSSR count). The predicted octanol–water partition coefficient (Wildman–Crippen LogP) is 4.84. The van der Waals surface area contributed by atoms with Gasteiger partial charge in [0.05, 0.1) is 6.10 Å². The fourth-order valence-corrected chi connectivity index (χ4v) is 3.36. The van der Waals surface area contributed by atoms with Crippen molar-refractivity contribution in [3.05, 3.63) is 64.5 Å². The first kappa shape index (κ1) is 14.1. The van der Waals surface area contributed by atoms with E-state index in [2.05, 4.69) is 23.6 Å². The molecule has 0 unspecified atom stereocenters. The van der Waals surface area contributed by atoms with Crippen LogP contribution < -0.4 is 4.74 Å². The molecule has 1 N–H and O–H groups in total. The fourth-order valence-electron chi connectivity index (χ4n) is 2.41. The highest BCUT2D eigenvalue weighted by atomic mass is 32.1. The third-order valence-electron chi connectivity index (χ3n) is 3.56. The largest absolute Gasteiger partial charge is 0.488 e. The van der Waals surface area contributed by atoms with Gasteiger partial charge in [0.1, 0.15) is 12.4 Å². The van der Waals surface area contributed by atoms with Gasteiger partial charge in [-0.3, -0.25) is 0 Å². The Balaban J connectivity index is 1.86. The van der Waals surface area contributed by atoms with Gasteiger partial charge in [0.15, 0.2) is 0 Å². The van der Waals surface area contributed by atoms with Crippen LogP contribution in [0.1, 0.15) is 29.7 Å². The van der Waals surface area contributed by atoms with Crippen molar-refractivity contribution in [2.75, 3.05) is 0 Å². The predicted molar refractivity (Wildman–Crippen MR) is 88.0 cm³/mol. The summed E-state index contributed by atoms with van der Waals surface area (Å²) in [6.07, 6.45) is -0.528. The van der Waals surface area contributed by atoms with Crippen LogP contribution in [-0.4, -0.2) is 5.11 Å². The van der Waals surface area contributed by atoms with Crippen molar-refractivity contribution in [1.29, 1.82) is 0 Å². The Morgan fingerprint density at radius 1 is 1.19 bits per heavy atom. The fraction of sp³-hybridized carbons (Fsp3) is 0.222. The summed E-state index contributed by atoms with van der Waals surface area (Å²) >= 11 is 1.73. The third-order valence-corrected chi connectivity index (χ3v) is 4.58. The summed E-state index contributed by atoms with van der Waals surface area (Å²) in [6.45, 7) is 4.31. The van der Waals surface area contributed by atoms with E-state index in [0.29, 0.717) is 6.61 Å². The van der Waals surface area contributed by atoms with Crippen LogP contribution in [0.2, 0.25) is 0 Å². The van der Waals surface area contributed by atoms with Crippen molar-refractivity contribution >= 4 is 21.4 Å². The van der Waals surface area contributed by atoms with E-state index in [4.69, 9.17) is 4.74 Å². The zero-order chi connectivity index (χ0) is 14.8. The van der Waals surface area contributed by atoms with E-state index in [1.165, 1.54) is 15.6 Å². The second-order valence-electron chi connectivity index (χ2n) is 5.26. The highest BCUT2D eigenvalue weighted by molar-refractivity contribution is 7.17. The number of ether oxygens (including phenoxy) is 1. The van der Waals surface area contributed by atoms with Crippen LogP contribution in [0.5, 0.6) is 5.75 Å².